The van der Waals surface area contributed by atoms with Crippen LogP contribution in [0.15, 0.2) is 66.0 Å². The second kappa shape index (κ2) is 10.3. The third-order valence-corrected chi connectivity index (χ3v) is 5.35. The Morgan fingerprint density at radius 1 is 1.18 bits per heavy atom. The second-order valence-corrected chi connectivity index (χ2v) is 7.52. The summed E-state index contributed by atoms with van der Waals surface area (Å²) in [5, 5.41) is 4.33. The molecular weight excluding hydrogens is 394 g/mol. The van der Waals surface area contributed by atoms with Gasteiger partial charge in [0.15, 0.2) is 5.16 Å². The summed E-state index contributed by atoms with van der Waals surface area (Å²) in [6.07, 6.45) is 1.84. The molecule has 0 fully saturated rings. The van der Waals surface area contributed by atoms with Gasteiger partial charge in [-0.05, 0) is 23.3 Å². The van der Waals surface area contributed by atoms with E-state index in [2.05, 4.69) is 27.0 Å². The first-order valence-electron chi connectivity index (χ1n) is 8.91. The molecule has 3 rings (SSSR count). The Morgan fingerprint density at radius 3 is 2.64 bits per heavy atom. The highest BCUT2D eigenvalue weighted by atomic mass is 35.5. The summed E-state index contributed by atoms with van der Waals surface area (Å²) in [4.78, 5) is 16.6. The number of thioether (sulfide) groups is 1. The zero-order valence-corrected chi connectivity index (χ0v) is 17.2. The van der Waals surface area contributed by atoms with Crippen molar-refractivity contribution in [3.63, 3.8) is 0 Å². The lowest BCUT2D eigenvalue weighted by molar-refractivity contribution is -0.118. The largest absolute Gasteiger partial charge is 0.383 e. The topological polar surface area (TPSA) is 56.1 Å². The van der Waals surface area contributed by atoms with Gasteiger partial charge in [-0.15, -0.1) is 0 Å². The van der Waals surface area contributed by atoms with Gasteiger partial charge < -0.3 is 14.6 Å². The summed E-state index contributed by atoms with van der Waals surface area (Å²) in [6.45, 7) is 1.68. The predicted molar refractivity (Wildman–Crippen MR) is 114 cm³/mol. The van der Waals surface area contributed by atoms with Crippen LogP contribution in [0.1, 0.15) is 5.56 Å². The van der Waals surface area contributed by atoms with Crippen LogP contribution in [0, 0.1) is 0 Å². The van der Waals surface area contributed by atoms with Gasteiger partial charge in [0, 0.05) is 18.7 Å². The molecule has 0 aliphatic carbocycles. The summed E-state index contributed by atoms with van der Waals surface area (Å²) in [5.41, 5.74) is 3.19. The van der Waals surface area contributed by atoms with Crippen LogP contribution in [0.2, 0.25) is 5.02 Å². The fourth-order valence-corrected chi connectivity index (χ4v) is 3.65. The number of ether oxygens (including phenoxy) is 1. The molecule has 3 aromatic rings. The monoisotopic (exact) mass is 415 g/mol. The van der Waals surface area contributed by atoms with Gasteiger partial charge in [0.25, 0.3) is 0 Å². The van der Waals surface area contributed by atoms with E-state index >= 15 is 0 Å². The molecule has 0 saturated carbocycles. The summed E-state index contributed by atoms with van der Waals surface area (Å²) < 4.78 is 7.08. The fourth-order valence-electron chi connectivity index (χ4n) is 2.72. The Kier molecular flexibility index (Phi) is 7.54. The smallest absolute Gasteiger partial charge is 0.230 e. The quantitative estimate of drug-likeness (QED) is 0.422. The minimum Gasteiger partial charge on any atom is -0.383 e. The molecule has 2 aromatic carbocycles. The standard InChI is InChI=1S/C21H22ClN3O2S/c1-27-12-11-23-20(26)15-28-21-24-13-19(17-7-9-18(22)10-8-17)25(21)14-16-5-3-2-4-6-16/h2-10,13H,11-12,14-15H2,1H3,(H,23,26). The lowest BCUT2D eigenvalue weighted by Gasteiger charge is -2.12. The number of hydrogen-bond acceptors (Lipinski definition) is 4. The molecular formula is C21H22ClN3O2S. The molecule has 0 aliphatic heterocycles. The first kappa shape index (κ1) is 20.5. The van der Waals surface area contributed by atoms with Gasteiger partial charge in [-0.2, -0.15) is 0 Å². The van der Waals surface area contributed by atoms with Crippen molar-refractivity contribution < 1.29 is 9.53 Å². The van der Waals surface area contributed by atoms with Crippen LogP contribution in [0.4, 0.5) is 0 Å². The van der Waals surface area contributed by atoms with Gasteiger partial charge >= 0.3 is 0 Å². The third-order valence-electron chi connectivity index (χ3n) is 4.10. The van der Waals surface area contributed by atoms with Gasteiger partial charge in [-0.25, -0.2) is 4.98 Å². The molecule has 146 valence electrons. The Bertz CT molecular complexity index is 898. The summed E-state index contributed by atoms with van der Waals surface area (Å²) in [7, 11) is 1.61. The molecule has 0 atom stereocenters. The maximum Gasteiger partial charge on any atom is 0.230 e. The van der Waals surface area contributed by atoms with Crippen LogP contribution in [0.5, 0.6) is 0 Å². The van der Waals surface area contributed by atoms with Crippen molar-refractivity contribution in [2.24, 2.45) is 0 Å². The van der Waals surface area contributed by atoms with Crippen LogP contribution < -0.4 is 5.32 Å². The molecule has 5 nitrogen and oxygen atoms in total. The van der Waals surface area contributed by atoms with Gasteiger partial charge in [0.05, 0.1) is 30.8 Å². The zero-order valence-electron chi connectivity index (χ0n) is 15.6. The Morgan fingerprint density at radius 2 is 1.93 bits per heavy atom. The number of hydrogen-bond donors (Lipinski definition) is 1. The zero-order chi connectivity index (χ0) is 19.8. The van der Waals surface area contributed by atoms with Crippen molar-refractivity contribution in [2.45, 2.75) is 11.7 Å². The van der Waals surface area contributed by atoms with Gasteiger partial charge in [-0.1, -0.05) is 65.8 Å². The molecule has 0 saturated heterocycles. The lowest BCUT2D eigenvalue weighted by atomic mass is 10.1. The number of aromatic nitrogens is 2. The first-order chi connectivity index (χ1) is 13.7. The fraction of sp³-hybridized carbons (Fsp3) is 0.238. The maximum atomic E-state index is 12.0. The van der Waals surface area contributed by atoms with Crippen molar-refractivity contribution in [3.05, 3.63) is 71.4 Å². The van der Waals surface area contributed by atoms with E-state index in [1.54, 1.807) is 7.11 Å². The summed E-state index contributed by atoms with van der Waals surface area (Å²) in [5.74, 6) is 0.264. The number of carbonyl (C=O) groups is 1. The molecule has 7 heteroatoms. The molecule has 0 spiro atoms. The third kappa shape index (κ3) is 5.61. The second-order valence-electron chi connectivity index (χ2n) is 6.14. The Balaban J connectivity index is 1.81. The number of nitrogens with zero attached hydrogens (tertiary/aromatic N) is 2. The number of carbonyl (C=O) groups excluding carboxylic acids is 1. The Labute approximate surface area is 174 Å². The van der Waals surface area contributed by atoms with Crippen molar-refractivity contribution in [2.75, 3.05) is 26.0 Å². The minimum absolute atomic E-state index is 0.0376. The molecule has 1 N–H and O–H groups in total. The van der Waals surface area contributed by atoms with Crippen molar-refractivity contribution in [1.29, 1.82) is 0 Å². The SMILES string of the molecule is COCCNC(=O)CSc1ncc(-c2ccc(Cl)cc2)n1Cc1ccccc1. The van der Waals surface area contributed by atoms with E-state index in [4.69, 9.17) is 16.3 Å². The van der Waals surface area contributed by atoms with Crippen LogP contribution >= 0.6 is 23.4 Å². The highest BCUT2D eigenvalue weighted by Gasteiger charge is 2.14. The van der Waals surface area contributed by atoms with Crippen LogP contribution in [0.25, 0.3) is 11.3 Å². The highest BCUT2D eigenvalue weighted by Crippen LogP contribution is 2.28. The van der Waals surface area contributed by atoms with Gasteiger partial charge in [0.1, 0.15) is 0 Å². The number of rotatable bonds is 9. The predicted octanol–water partition coefficient (Wildman–Crippen LogP) is 4.11. The lowest BCUT2D eigenvalue weighted by Crippen LogP contribution is -2.28. The van der Waals surface area contributed by atoms with E-state index in [-0.39, 0.29) is 5.91 Å². The number of methoxy groups -OCH3 is 1. The maximum absolute atomic E-state index is 12.0. The van der Waals surface area contributed by atoms with Crippen LogP contribution in [-0.2, 0) is 16.1 Å². The highest BCUT2D eigenvalue weighted by molar-refractivity contribution is 7.99. The number of benzene rings is 2. The van der Waals surface area contributed by atoms with E-state index in [0.29, 0.717) is 30.5 Å². The van der Waals surface area contributed by atoms with Gasteiger partial charge in [-0.3, -0.25) is 4.79 Å². The molecule has 1 heterocycles. The van der Waals surface area contributed by atoms with Crippen LogP contribution in [-0.4, -0.2) is 41.5 Å². The van der Waals surface area contributed by atoms with E-state index < -0.39 is 0 Å². The van der Waals surface area contributed by atoms with Crippen LogP contribution in [0.3, 0.4) is 0 Å². The van der Waals surface area contributed by atoms with Crippen molar-refractivity contribution >= 4 is 29.3 Å². The molecule has 0 bridgehead atoms. The minimum atomic E-state index is -0.0376. The summed E-state index contributed by atoms with van der Waals surface area (Å²) >= 11 is 7.45. The molecule has 0 radical (unpaired) electrons. The van der Waals surface area contributed by atoms with Crippen molar-refractivity contribution in [1.82, 2.24) is 14.9 Å². The Hall–Kier alpha value is -2.28. The number of halogens is 1. The van der Waals surface area contributed by atoms with Crippen molar-refractivity contribution in [3.8, 4) is 11.3 Å². The molecule has 0 aliphatic rings. The molecule has 0 unspecified atom stereocenters. The van der Waals surface area contributed by atoms with Gasteiger partial charge in [0.2, 0.25) is 5.91 Å². The average molecular weight is 416 g/mol. The molecule has 1 aromatic heterocycles. The summed E-state index contributed by atoms with van der Waals surface area (Å²) in [6, 6.07) is 17.9. The first-order valence-corrected chi connectivity index (χ1v) is 10.3. The molecule has 28 heavy (non-hydrogen) atoms. The van der Waals surface area contributed by atoms with E-state index in [0.717, 1.165) is 16.4 Å². The number of amides is 1. The number of imidazole rings is 1. The average Bonchev–Trinajstić information content (AvgIpc) is 3.10. The molecule has 1 amide bonds. The number of nitrogens with one attached hydrogen (secondary N) is 1. The van der Waals surface area contributed by atoms with E-state index in [9.17, 15) is 4.79 Å². The van der Waals surface area contributed by atoms with E-state index in [1.165, 1.54) is 17.3 Å². The van der Waals surface area contributed by atoms with E-state index in [1.807, 2.05) is 48.7 Å². The normalized spacial score (nSPS) is 10.8.